The van der Waals surface area contributed by atoms with Crippen LogP contribution in [0.5, 0.6) is 5.75 Å². The number of ether oxygens (including phenoxy) is 1. The van der Waals surface area contributed by atoms with Crippen molar-refractivity contribution >= 4 is 71.6 Å². The summed E-state index contributed by atoms with van der Waals surface area (Å²) < 4.78 is 102. The number of aryl methyl sites for hydroxylation is 5. The Morgan fingerprint density at radius 1 is 0.704 bits per heavy atom. The maximum absolute atomic E-state index is 13.6. The zero-order chi connectivity index (χ0) is 59.2. The summed E-state index contributed by atoms with van der Waals surface area (Å²) in [5, 5.41) is 34.5. The van der Waals surface area contributed by atoms with Gasteiger partial charge in [-0.3, -0.25) is 42.8 Å². The second-order valence-corrected chi connectivity index (χ2v) is 24.1. The van der Waals surface area contributed by atoms with Crippen LogP contribution < -0.4 is 57.3 Å². The fourth-order valence-corrected chi connectivity index (χ4v) is 11.7. The Hall–Kier alpha value is -6.42. The van der Waals surface area contributed by atoms with Crippen molar-refractivity contribution in [2.24, 2.45) is 0 Å². The van der Waals surface area contributed by atoms with Crippen molar-refractivity contribution in [2.75, 3.05) is 109 Å². The number of carbonyl (C=O) groups excluding carboxylic acids is 5. The number of amides is 5. The molecule has 0 saturated carbocycles. The Morgan fingerprint density at radius 2 is 1.31 bits per heavy atom. The molecule has 0 unspecified atom stereocenters. The van der Waals surface area contributed by atoms with E-state index in [-0.39, 0.29) is 66.4 Å². The summed E-state index contributed by atoms with van der Waals surface area (Å²) in [6.45, 7) is 7.09. The van der Waals surface area contributed by atoms with Crippen molar-refractivity contribution in [1.29, 1.82) is 0 Å². The van der Waals surface area contributed by atoms with Gasteiger partial charge in [-0.1, -0.05) is 18.2 Å². The third kappa shape index (κ3) is 23.5. The SMILES string of the molecule is Cc1cc(OCCCC(=O)NCCNC(=O)[C@H](CS(=O)(=O)O)NC(=O)[C@H](CS(=O)(=O)O)NC(=O)CN2CCNCCNCCNCC2)cc(C)c1S(=O)(=O)N[C@@H](CNC(=O)c1ccc(CCc2ccc3c(n2)NCCC3)cc1)C(=O)O. The van der Waals surface area contributed by atoms with Gasteiger partial charge in [0.05, 0.1) is 18.0 Å². The lowest BCUT2D eigenvalue weighted by atomic mass is 10.0. The molecular formula is C50H74N12O16S3. The van der Waals surface area contributed by atoms with Gasteiger partial charge in [0.1, 0.15) is 41.2 Å². The third-order valence-corrected chi connectivity index (χ3v) is 16.0. The van der Waals surface area contributed by atoms with E-state index in [1.807, 2.05) is 11.4 Å². The third-order valence-electron chi connectivity index (χ3n) is 12.7. The van der Waals surface area contributed by atoms with Crippen molar-refractivity contribution in [3.8, 4) is 5.75 Å². The van der Waals surface area contributed by atoms with Crippen molar-refractivity contribution in [2.45, 2.75) is 75.4 Å². The van der Waals surface area contributed by atoms with Crippen LogP contribution >= 0.6 is 0 Å². The average molecular weight is 1200 g/mol. The number of sulfonamides is 1. The van der Waals surface area contributed by atoms with Gasteiger partial charge >= 0.3 is 5.97 Å². The second kappa shape index (κ2) is 31.7. The van der Waals surface area contributed by atoms with E-state index in [1.165, 1.54) is 31.5 Å². The highest BCUT2D eigenvalue weighted by molar-refractivity contribution is 7.89. The molecule has 2 aliphatic heterocycles. The molecule has 0 radical (unpaired) electrons. The first kappa shape index (κ1) is 65.4. The van der Waals surface area contributed by atoms with E-state index in [0.717, 1.165) is 49.6 Å². The molecule has 3 atom stereocenters. The van der Waals surface area contributed by atoms with Gasteiger partial charge in [-0.15, -0.1) is 0 Å². The largest absolute Gasteiger partial charge is 0.494 e. The lowest BCUT2D eigenvalue weighted by Crippen LogP contribution is -2.58. The highest BCUT2D eigenvalue weighted by atomic mass is 32.2. The normalized spacial score (nSPS) is 15.9. The topological polar surface area (TPSA) is 411 Å². The van der Waals surface area contributed by atoms with Gasteiger partial charge in [-0.2, -0.15) is 21.6 Å². The van der Waals surface area contributed by atoms with Crippen LogP contribution in [0.3, 0.4) is 0 Å². The van der Waals surface area contributed by atoms with Crippen LogP contribution in [0.1, 0.15) is 57.6 Å². The summed E-state index contributed by atoms with van der Waals surface area (Å²) in [5.74, 6) is -7.49. The summed E-state index contributed by atoms with van der Waals surface area (Å²) in [6, 6.07) is 8.01. The molecule has 448 valence electrons. The number of hydrogen-bond acceptors (Lipinski definition) is 19. The van der Waals surface area contributed by atoms with Crippen LogP contribution in [0.4, 0.5) is 5.82 Å². The first-order chi connectivity index (χ1) is 38.4. The van der Waals surface area contributed by atoms with E-state index in [1.54, 1.807) is 29.2 Å². The molecule has 5 amide bonds. The molecule has 0 spiro atoms. The number of carbonyl (C=O) groups is 6. The number of carboxylic acid groups (broad SMARTS) is 1. The molecule has 1 fully saturated rings. The minimum absolute atomic E-state index is 0.0111. The Balaban J connectivity index is 1.04. The van der Waals surface area contributed by atoms with Gasteiger partial charge in [-0.25, -0.2) is 13.4 Å². The fourth-order valence-electron chi connectivity index (χ4n) is 8.74. The molecule has 3 aromatic rings. The Morgan fingerprint density at radius 3 is 1.93 bits per heavy atom. The smallest absolute Gasteiger partial charge is 0.323 e. The maximum Gasteiger partial charge on any atom is 0.323 e. The summed E-state index contributed by atoms with van der Waals surface area (Å²) >= 11 is 0. The molecular weight excluding hydrogens is 1120 g/mol. The number of nitrogens with zero attached hydrogens (tertiary/aromatic N) is 2. The van der Waals surface area contributed by atoms with E-state index in [9.17, 15) is 68.2 Å². The monoisotopic (exact) mass is 1190 g/mol. The highest BCUT2D eigenvalue weighted by Crippen LogP contribution is 2.26. The molecule has 1 aromatic heterocycles. The molecule has 81 heavy (non-hydrogen) atoms. The second-order valence-electron chi connectivity index (χ2n) is 19.4. The van der Waals surface area contributed by atoms with Crippen molar-refractivity contribution in [1.82, 2.24) is 57.1 Å². The molecule has 0 aliphatic carbocycles. The van der Waals surface area contributed by atoms with Gasteiger partial charge in [0.25, 0.3) is 26.1 Å². The van der Waals surface area contributed by atoms with E-state index in [4.69, 9.17) is 9.72 Å². The minimum Gasteiger partial charge on any atom is -0.494 e. The van der Waals surface area contributed by atoms with E-state index in [0.29, 0.717) is 52.1 Å². The number of carboxylic acids is 1. The lowest BCUT2D eigenvalue weighted by molar-refractivity contribution is -0.138. The summed E-state index contributed by atoms with van der Waals surface area (Å²) in [6.07, 6.45) is 3.50. The van der Waals surface area contributed by atoms with Gasteiger partial charge in [-0.05, 0) is 98.5 Å². The van der Waals surface area contributed by atoms with Gasteiger partial charge in [0.2, 0.25) is 33.7 Å². The average Bonchev–Trinajstić information content (AvgIpc) is 3.59. The van der Waals surface area contributed by atoms with Crippen LogP contribution in [0.2, 0.25) is 0 Å². The Labute approximate surface area is 471 Å². The predicted molar refractivity (Wildman–Crippen MR) is 297 cm³/mol. The summed E-state index contributed by atoms with van der Waals surface area (Å²) in [7, 11) is -14.3. The van der Waals surface area contributed by atoms with Crippen molar-refractivity contribution in [3.63, 3.8) is 0 Å². The number of aromatic nitrogens is 1. The Bertz CT molecular complexity index is 2970. The van der Waals surface area contributed by atoms with E-state index in [2.05, 4.69) is 53.3 Å². The predicted octanol–water partition coefficient (Wildman–Crippen LogP) is -2.78. The van der Waals surface area contributed by atoms with E-state index < -0.39 is 102 Å². The van der Waals surface area contributed by atoms with Gasteiger partial charge in [0.15, 0.2) is 0 Å². The molecule has 3 heterocycles. The standard InChI is InChI=1S/C50H74N12O16S3/c1-33-27-39(28-34(2)45(33)81(76,77)61-40(50(68)69)29-57-47(65)37-10-7-35(8-11-37)9-13-38-14-12-36-5-3-15-55-46(36)58-38)78-26-4-6-43(63)54-20-21-56-48(66)41(31-79(70,71)72)60-49(67)42(32-80(73,74)75)59-44(64)30-62-24-22-52-18-16-51-17-19-53-23-25-62/h7-8,10-12,14,27-28,40-42,51-53,61H,3-6,9,13,15-26,29-32H2,1-2H3,(H,54,63)(H,55,58)(H,56,66)(H,57,65)(H,59,64)(H,60,67)(H,68,69)(H,70,71,72)(H,73,74,75)/t40-,41-,42-/m0/s1. The first-order valence-electron chi connectivity index (χ1n) is 26.3. The fraction of sp³-hybridized carbons (Fsp3) is 0.540. The highest BCUT2D eigenvalue weighted by Gasteiger charge is 2.33. The van der Waals surface area contributed by atoms with Crippen molar-refractivity contribution in [3.05, 3.63) is 82.0 Å². The maximum atomic E-state index is 13.6. The van der Waals surface area contributed by atoms with Crippen LogP contribution in [0.15, 0.2) is 53.4 Å². The number of fused-ring (bicyclic) bond motifs is 1. The molecule has 5 rings (SSSR count). The number of aliphatic carboxylic acids is 1. The van der Waals surface area contributed by atoms with Crippen molar-refractivity contribution < 1.29 is 73.0 Å². The molecule has 28 nitrogen and oxygen atoms in total. The molecule has 0 bridgehead atoms. The van der Waals surface area contributed by atoms with Crippen LogP contribution in [-0.4, -0.2) is 206 Å². The molecule has 2 aromatic carbocycles. The lowest BCUT2D eigenvalue weighted by Gasteiger charge is -2.25. The zero-order valence-corrected chi connectivity index (χ0v) is 47.6. The number of nitrogens with one attached hydrogen (secondary N) is 10. The molecule has 2 aliphatic rings. The molecule has 31 heteroatoms. The van der Waals surface area contributed by atoms with Gasteiger partial charge in [0, 0.05) is 96.2 Å². The number of anilines is 1. The molecule has 1 saturated heterocycles. The minimum atomic E-state index is -4.95. The van der Waals surface area contributed by atoms with Gasteiger partial charge < -0.3 is 57.7 Å². The number of rotatable bonds is 28. The Kier molecular flexibility index (Phi) is 25.6. The quantitative estimate of drug-likeness (QED) is 0.0258. The zero-order valence-electron chi connectivity index (χ0n) is 45.2. The summed E-state index contributed by atoms with van der Waals surface area (Å²) in [5.41, 5.74) is 3.79. The summed E-state index contributed by atoms with van der Waals surface area (Å²) in [4.78, 5) is 83.5. The first-order valence-corrected chi connectivity index (χ1v) is 31.0. The molecule has 13 N–H and O–H groups in total. The van der Waals surface area contributed by atoms with Crippen LogP contribution in [0.25, 0.3) is 0 Å². The van der Waals surface area contributed by atoms with Crippen LogP contribution in [0, 0.1) is 13.8 Å². The number of pyridine rings is 1. The number of hydrogen-bond donors (Lipinski definition) is 13. The number of benzene rings is 2. The van der Waals surface area contributed by atoms with E-state index >= 15 is 0 Å². The van der Waals surface area contributed by atoms with Crippen LogP contribution in [-0.2, 0) is 73.5 Å².